The van der Waals surface area contributed by atoms with E-state index in [0.717, 1.165) is 31.1 Å². The highest BCUT2D eigenvalue weighted by molar-refractivity contribution is 5.43. The lowest BCUT2D eigenvalue weighted by Gasteiger charge is -2.23. The van der Waals surface area contributed by atoms with Gasteiger partial charge >= 0.3 is 0 Å². The van der Waals surface area contributed by atoms with Gasteiger partial charge in [0.2, 0.25) is 0 Å². The molecule has 1 aliphatic rings. The van der Waals surface area contributed by atoms with Gasteiger partial charge in [-0.1, -0.05) is 13.0 Å². The van der Waals surface area contributed by atoms with E-state index in [-0.39, 0.29) is 6.10 Å². The van der Waals surface area contributed by atoms with Crippen molar-refractivity contribution in [3.05, 3.63) is 23.8 Å². The summed E-state index contributed by atoms with van der Waals surface area (Å²) in [6.07, 6.45) is 2.79. The summed E-state index contributed by atoms with van der Waals surface area (Å²) in [6, 6.07) is 6.94. The Balaban J connectivity index is 1.90. The van der Waals surface area contributed by atoms with E-state index in [9.17, 15) is 0 Å². The highest BCUT2D eigenvalue weighted by Gasteiger charge is 2.22. The lowest BCUT2D eigenvalue weighted by Crippen LogP contribution is -2.37. The zero-order valence-corrected chi connectivity index (χ0v) is 15.1. The molecular weight excluding hydrogens is 288 g/mol. The predicted octanol–water partition coefficient (Wildman–Crippen LogP) is 3.45. The van der Waals surface area contributed by atoms with E-state index in [1.807, 2.05) is 26.8 Å². The number of hydrogen-bond donors (Lipinski definition) is 1. The molecule has 0 aromatic heterocycles. The number of benzene rings is 1. The zero-order chi connectivity index (χ0) is 16.7. The van der Waals surface area contributed by atoms with Crippen LogP contribution in [0.3, 0.4) is 0 Å². The van der Waals surface area contributed by atoms with Gasteiger partial charge in [0.25, 0.3) is 0 Å². The van der Waals surface area contributed by atoms with Gasteiger partial charge in [0, 0.05) is 19.1 Å². The molecule has 130 valence electrons. The van der Waals surface area contributed by atoms with Crippen molar-refractivity contribution in [1.29, 1.82) is 0 Å². The largest absolute Gasteiger partial charge is 0.490 e. The van der Waals surface area contributed by atoms with Crippen LogP contribution in [0.25, 0.3) is 0 Å². The molecule has 1 atom stereocenters. The normalized spacial score (nSPS) is 18.6. The summed E-state index contributed by atoms with van der Waals surface area (Å²) >= 11 is 0. The van der Waals surface area contributed by atoms with Crippen LogP contribution < -0.4 is 14.8 Å². The van der Waals surface area contributed by atoms with Crippen LogP contribution in [0, 0.1) is 0 Å². The van der Waals surface area contributed by atoms with E-state index in [1.165, 1.54) is 24.9 Å². The Morgan fingerprint density at radius 1 is 1.26 bits per heavy atom. The molecule has 1 aromatic rings. The standard InChI is InChI=1S/C19H32N2O2/c1-5-21-11-7-8-17(21)14-20-13-16-9-10-18(23-15(3)4)19(12-16)22-6-2/h9-10,12,15,17,20H,5-8,11,13-14H2,1-4H3/t17-/m1/s1. The molecule has 0 radical (unpaired) electrons. The van der Waals surface area contributed by atoms with Gasteiger partial charge in [-0.05, 0) is 64.4 Å². The Bertz CT molecular complexity index is 476. The lowest BCUT2D eigenvalue weighted by atomic mass is 10.1. The number of hydrogen-bond acceptors (Lipinski definition) is 4. The van der Waals surface area contributed by atoms with E-state index in [2.05, 4.69) is 29.3 Å². The average molecular weight is 320 g/mol. The third-order valence-corrected chi connectivity index (χ3v) is 4.28. The maximum absolute atomic E-state index is 5.82. The monoisotopic (exact) mass is 320 g/mol. The highest BCUT2D eigenvalue weighted by atomic mass is 16.5. The summed E-state index contributed by atoms with van der Waals surface area (Å²) < 4.78 is 11.5. The maximum Gasteiger partial charge on any atom is 0.161 e. The molecule has 0 amide bonds. The Morgan fingerprint density at radius 2 is 2.09 bits per heavy atom. The van der Waals surface area contributed by atoms with Crippen LogP contribution in [0.4, 0.5) is 0 Å². The second kappa shape index (κ2) is 9.14. The molecule has 1 heterocycles. The minimum Gasteiger partial charge on any atom is -0.490 e. The number of ether oxygens (including phenoxy) is 2. The lowest BCUT2D eigenvalue weighted by molar-refractivity contribution is 0.223. The van der Waals surface area contributed by atoms with Crippen LogP contribution in [0.15, 0.2) is 18.2 Å². The molecule has 0 bridgehead atoms. The summed E-state index contributed by atoms with van der Waals surface area (Å²) in [5.41, 5.74) is 1.24. The second-order valence-corrected chi connectivity index (χ2v) is 6.44. The van der Waals surface area contributed by atoms with Crippen molar-refractivity contribution in [2.75, 3.05) is 26.2 Å². The molecule has 1 aliphatic heterocycles. The zero-order valence-electron chi connectivity index (χ0n) is 15.1. The molecule has 0 spiro atoms. The van der Waals surface area contributed by atoms with Crippen molar-refractivity contribution in [2.24, 2.45) is 0 Å². The van der Waals surface area contributed by atoms with Crippen LogP contribution in [0.2, 0.25) is 0 Å². The van der Waals surface area contributed by atoms with Gasteiger partial charge in [0.05, 0.1) is 12.7 Å². The SMILES string of the molecule is CCOc1cc(CNC[C@H]2CCCN2CC)ccc1OC(C)C. The molecule has 0 aliphatic carbocycles. The molecule has 4 nitrogen and oxygen atoms in total. The smallest absolute Gasteiger partial charge is 0.161 e. The molecule has 4 heteroatoms. The predicted molar refractivity (Wildman–Crippen MR) is 95.4 cm³/mol. The molecule has 1 fully saturated rings. The molecule has 0 saturated carbocycles. The number of likely N-dealkylation sites (N-methyl/N-ethyl adjacent to an activating group) is 1. The van der Waals surface area contributed by atoms with E-state index in [1.54, 1.807) is 0 Å². The van der Waals surface area contributed by atoms with Crippen molar-refractivity contribution in [2.45, 2.75) is 59.2 Å². The quantitative estimate of drug-likeness (QED) is 0.756. The fraction of sp³-hybridized carbons (Fsp3) is 0.684. The molecule has 1 saturated heterocycles. The van der Waals surface area contributed by atoms with Crippen LogP contribution in [0.5, 0.6) is 11.5 Å². The number of rotatable bonds is 9. The number of likely N-dealkylation sites (tertiary alicyclic amines) is 1. The van der Waals surface area contributed by atoms with Gasteiger partial charge in [0.15, 0.2) is 11.5 Å². The Morgan fingerprint density at radius 3 is 2.78 bits per heavy atom. The van der Waals surface area contributed by atoms with Gasteiger partial charge in [0.1, 0.15) is 0 Å². The van der Waals surface area contributed by atoms with E-state index < -0.39 is 0 Å². The number of nitrogens with zero attached hydrogens (tertiary/aromatic N) is 1. The summed E-state index contributed by atoms with van der Waals surface area (Å²) in [4.78, 5) is 2.57. The van der Waals surface area contributed by atoms with Gasteiger partial charge < -0.3 is 14.8 Å². The first-order valence-electron chi connectivity index (χ1n) is 9.01. The fourth-order valence-electron chi connectivity index (χ4n) is 3.21. The third-order valence-electron chi connectivity index (χ3n) is 4.28. The topological polar surface area (TPSA) is 33.7 Å². The molecular formula is C19H32N2O2. The minimum atomic E-state index is 0.153. The molecule has 23 heavy (non-hydrogen) atoms. The van der Waals surface area contributed by atoms with Crippen LogP contribution >= 0.6 is 0 Å². The Hall–Kier alpha value is -1.26. The van der Waals surface area contributed by atoms with E-state index in [0.29, 0.717) is 12.6 Å². The first-order chi connectivity index (χ1) is 11.1. The van der Waals surface area contributed by atoms with Gasteiger partial charge in [-0.15, -0.1) is 0 Å². The third kappa shape index (κ3) is 5.40. The van der Waals surface area contributed by atoms with Gasteiger partial charge in [-0.3, -0.25) is 4.90 Å². The summed E-state index contributed by atoms with van der Waals surface area (Å²) in [5.74, 6) is 1.68. The molecule has 1 N–H and O–H groups in total. The van der Waals surface area contributed by atoms with Crippen LogP contribution in [0.1, 0.15) is 46.1 Å². The molecule has 0 unspecified atom stereocenters. The second-order valence-electron chi connectivity index (χ2n) is 6.44. The molecule has 1 aromatic carbocycles. The van der Waals surface area contributed by atoms with Gasteiger partial charge in [-0.2, -0.15) is 0 Å². The fourth-order valence-corrected chi connectivity index (χ4v) is 3.21. The summed E-state index contributed by atoms with van der Waals surface area (Å²) in [6.45, 7) is 13.3. The van der Waals surface area contributed by atoms with Crippen molar-refractivity contribution in [3.63, 3.8) is 0 Å². The van der Waals surface area contributed by atoms with Crippen molar-refractivity contribution in [1.82, 2.24) is 10.2 Å². The van der Waals surface area contributed by atoms with Crippen molar-refractivity contribution in [3.8, 4) is 11.5 Å². The van der Waals surface area contributed by atoms with Crippen molar-refractivity contribution < 1.29 is 9.47 Å². The Labute approximate surface area is 141 Å². The number of nitrogens with one attached hydrogen (secondary N) is 1. The van der Waals surface area contributed by atoms with Gasteiger partial charge in [-0.25, -0.2) is 0 Å². The van der Waals surface area contributed by atoms with Crippen LogP contribution in [-0.2, 0) is 6.54 Å². The maximum atomic E-state index is 5.82. The van der Waals surface area contributed by atoms with Crippen molar-refractivity contribution >= 4 is 0 Å². The Kier molecular flexibility index (Phi) is 7.18. The average Bonchev–Trinajstić information content (AvgIpc) is 2.97. The molecule has 2 rings (SSSR count). The summed E-state index contributed by atoms with van der Waals surface area (Å²) in [7, 11) is 0. The van der Waals surface area contributed by atoms with E-state index >= 15 is 0 Å². The van der Waals surface area contributed by atoms with Crippen LogP contribution in [-0.4, -0.2) is 43.3 Å². The minimum absolute atomic E-state index is 0.153. The first kappa shape index (κ1) is 18.1. The van der Waals surface area contributed by atoms with E-state index in [4.69, 9.17) is 9.47 Å². The summed E-state index contributed by atoms with van der Waals surface area (Å²) in [5, 5.41) is 3.60. The highest BCUT2D eigenvalue weighted by Crippen LogP contribution is 2.29. The first-order valence-corrected chi connectivity index (χ1v) is 9.01.